The molecular weight excluding hydrogens is 256 g/mol. The van der Waals surface area contributed by atoms with Gasteiger partial charge in [0.1, 0.15) is 0 Å². The number of methoxy groups -OCH3 is 1. The maximum absolute atomic E-state index is 12.0. The van der Waals surface area contributed by atoms with Gasteiger partial charge in [-0.3, -0.25) is 4.79 Å². The molecule has 0 radical (unpaired) electrons. The van der Waals surface area contributed by atoms with E-state index in [4.69, 9.17) is 4.74 Å². The Morgan fingerprint density at radius 3 is 2.75 bits per heavy atom. The molecule has 0 fully saturated rings. The van der Waals surface area contributed by atoms with Crippen molar-refractivity contribution in [3.05, 3.63) is 46.2 Å². The molecule has 0 saturated carbocycles. The van der Waals surface area contributed by atoms with Gasteiger partial charge in [0.15, 0.2) is 0 Å². The monoisotopic (exact) mass is 274 g/mol. The Morgan fingerprint density at radius 2 is 2.10 bits per heavy atom. The lowest BCUT2D eigenvalue weighted by atomic mass is 10.1. The van der Waals surface area contributed by atoms with Crippen LogP contribution in [-0.4, -0.2) is 23.8 Å². The van der Waals surface area contributed by atoms with E-state index in [1.165, 1.54) is 17.9 Å². The predicted molar refractivity (Wildman–Crippen MR) is 78.7 cm³/mol. The van der Waals surface area contributed by atoms with Gasteiger partial charge >= 0.3 is 5.97 Å². The van der Waals surface area contributed by atoms with E-state index in [0.29, 0.717) is 5.56 Å². The second-order valence-corrected chi connectivity index (χ2v) is 4.71. The summed E-state index contributed by atoms with van der Waals surface area (Å²) in [5.74, 6) is -0.389. The minimum atomic E-state index is -0.389. The number of rotatable bonds is 4. The maximum atomic E-state index is 12.0. The normalized spacial score (nSPS) is 12.2. The molecule has 5 nitrogen and oxygen atoms in total. The van der Waals surface area contributed by atoms with E-state index in [2.05, 4.69) is 5.43 Å². The van der Waals surface area contributed by atoms with Gasteiger partial charge in [-0.15, -0.1) is 0 Å². The second kappa shape index (κ2) is 5.77. The van der Waals surface area contributed by atoms with Gasteiger partial charge in [-0.05, 0) is 37.6 Å². The molecule has 1 atom stereocenters. The summed E-state index contributed by atoms with van der Waals surface area (Å²) in [6.07, 6.45) is 0.906. The molecule has 1 heterocycles. The third-order valence-electron chi connectivity index (χ3n) is 3.28. The Morgan fingerprint density at radius 1 is 1.35 bits per heavy atom. The summed E-state index contributed by atoms with van der Waals surface area (Å²) < 4.78 is 6.22. The zero-order valence-corrected chi connectivity index (χ0v) is 11.8. The van der Waals surface area contributed by atoms with E-state index in [-0.39, 0.29) is 17.6 Å². The molecule has 0 amide bonds. The Bertz CT molecular complexity index is 691. The van der Waals surface area contributed by atoms with E-state index in [1.807, 2.05) is 13.8 Å². The van der Waals surface area contributed by atoms with Crippen molar-refractivity contribution in [1.29, 1.82) is 0 Å². The minimum absolute atomic E-state index is 0.122. The lowest BCUT2D eigenvalue weighted by molar-refractivity contribution is 0.0601. The van der Waals surface area contributed by atoms with Crippen molar-refractivity contribution >= 4 is 16.9 Å². The van der Waals surface area contributed by atoms with Gasteiger partial charge in [0.05, 0.1) is 18.2 Å². The number of aromatic nitrogens is 1. The summed E-state index contributed by atoms with van der Waals surface area (Å²) >= 11 is 0. The standard InChI is InChI=1S/C15H18N2O3/c1-4-10(2)16-17-13-7-5-12(15(19)20-3)9-11(13)6-8-14(17)18/h5-10,16H,4H2,1-3H3/t10-/m0/s1. The number of pyridine rings is 1. The van der Waals surface area contributed by atoms with E-state index in [1.54, 1.807) is 24.3 Å². The first kappa shape index (κ1) is 14.1. The number of nitrogens with one attached hydrogen (secondary N) is 1. The Hall–Kier alpha value is -2.30. The molecule has 0 aliphatic rings. The van der Waals surface area contributed by atoms with Crippen LogP contribution < -0.4 is 11.0 Å². The van der Waals surface area contributed by atoms with E-state index in [9.17, 15) is 9.59 Å². The summed E-state index contributed by atoms with van der Waals surface area (Å²) in [4.78, 5) is 23.5. The molecule has 20 heavy (non-hydrogen) atoms. The number of benzene rings is 1. The molecule has 0 bridgehead atoms. The fraction of sp³-hybridized carbons (Fsp3) is 0.333. The van der Waals surface area contributed by atoms with Crippen molar-refractivity contribution in [2.45, 2.75) is 26.3 Å². The smallest absolute Gasteiger partial charge is 0.337 e. The van der Waals surface area contributed by atoms with Gasteiger partial charge in [0, 0.05) is 17.5 Å². The zero-order valence-electron chi connectivity index (χ0n) is 11.8. The Balaban J connectivity index is 2.55. The van der Waals surface area contributed by atoms with Crippen LogP contribution in [0.5, 0.6) is 0 Å². The zero-order chi connectivity index (χ0) is 14.7. The van der Waals surface area contributed by atoms with E-state index >= 15 is 0 Å². The van der Waals surface area contributed by atoms with Crippen molar-refractivity contribution < 1.29 is 9.53 Å². The number of hydrogen-bond acceptors (Lipinski definition) is 4. The van der Waals surface area contributed by atoms with Crippen LogP contribution in [0.3, 0.4) is 0 Å². The molecule has 1 N–H and O–H groups in total. The quantitative estimate of drug-likeness (QED) is 0.868. The Kier molecular flexibility index (Phi) is 4.08. The number of fused-ring (bicyclic) bond motifs is 1. The topological polar surface area (TPSA) is 60.3 Å². The predicted octanol–water partition coefficient (Wildman–Crippen LogP) is 2.13. The van der Waals surface area contributed by atoms with Crippen molar-refractivity contribution in [3.8, 4) is 0 Å². The number of carbonyl (C=O) groups is 1. The molecule has 5 heteroatoms. The van der Waals surface area contributed by atoms with Crippen molar-refractivity contribution in [1.82, 2.24) is 4.68 Å². The first-order valence-corrected chi connectivity index (χ1v) is 6.57. The highest BCUT2D eigenvalue weighted by atomic mass is 16.5. The van der Waals surface area contributed by atoms with Gasteiger partial charge < -0.3 is 10.2 Å². The first-order valence-electron chi connectivity index (χ1n) is 6.57. The molecule has 2 aromatic rings. The van der Waals surface area contributed by atoms with Crippen LogP contribution in [0.15, 0.2) is 35.1 Å². The average molecular weight is 274 g/mol. The van der Waals surface area contributed by atoms with Gasteiger partial charge in [0.2, 0.25) is 0 Å². The molecular formula is C15H18N2O3. The van der Waals surface area contributed by atoms with Crippen LogP contribution in [0.1, 0.15) is 30.6 Å². The number of esters is 1. The highest BCUT2D eigenvalue weighted by Gasteiger charge is 2.09. The number of hydrogen-bond donors (Lipinski definition) is 1. The number of carbonyl (C=O) groups excluding carboxylic acids is 1. The third-order valence-corrected chi connectivity index (χ3v) is 3.28. The van der Waals surface area contributed by atoms with Gasteiger partial charge in [0.25, 0.3) is 5.56 Å². The van der Waals surface area contributed by atoms with Crippen molar-refractivity contribution in [3.63, 3.8) is 0 Å². The molecule has 1 aromatic heterocycles. The van der Waals surface area contributed by atoms with Crippen molar-refractivity contribution in [2.75, 3.05) is 12.5 Å². The molecule has 0 saturated heterocycles. The van der Waals surface area contributed by atoms with Crippen LogP contribution in [0.25, 0.3) is 10.9 Å². The minimum Gasteiger partial charge on any atom is -0.465 e. The summed E-state index contributed by atoms with van der Waals surface area (Å²) in [5, 5.41) is 0.809. The number of ether oxygens (including phenoxy) is 1. The maximum Gasteiger partial charge on any atom is 0.337 e. The fourth-order valence-corrected chi connectivity index (χ4v) is 1.94. The average Bonchev–Trinajstić information content (AvgIpc) is 2.48. The van der Waals surface area contributed by atoms with Gasteiger partial charge in [-0.2, -0.15) is 0 Å². The van der Waals surface area contributed by atoms with E-state index in [0.717, 1.165) is 17.3 Å². The highest BCUT2D eigenvalue weighted by Crippen LogP contribution is 2.15. The molecule has 0 aliphatic carbocycles. The molecule has 1 aromatic carbocycles. The molecule has 0 aliphatic heterocycles. The van der Waals surface area contributed by atoms with Crippen LogP contribution in [0.2, 0.25) is 0 Å². The SMILES string of the molecule is CC[C@H](C)Nn1c(=O)ccc2cc(C(=O)OC)ccc21. The molecule has 0 unspecified atom stereocenters. The molecule has 106 valence electrons. The van der Waals surface area contributed by atoms with Gasteiger partial charge in [-0.25, -0.2) is 9.47 Å². The van der Waals surface area contributed by atoms with Crippen LogP contribution >= 0.6 is 0 Å². The second-order valence-electron chi connectivity index (χ2n) is 4.71. The van der Waals surface area contributed by atoms with Crippen LogP contribution in [0.4, 0.5) is 0 Å². The number of nitrogens with zero attached hydrogens (tertiary/aromatic N) is 1. The van der Waals surface area contributed by atoms with Crippen LogP contribution in [-0.2, 0) is 4.74 Å². The van der Waals surface area contributed by atoms with Crippen LogP contribution in [0, 0.1) is 0 Å². The fourth-order valence-electron chi connectivity index (χ4n) is 1.94. The Labute approximate surface area is 117 Å². The first-order chi connectivity index (χ1) is 9.56. The highest BCUT2D eigenvalue weighted by molar-refractivity contribution is 5.94. The molecule has 2 rings (SSSR count). The van der Waals surface area contributed by atoms with Gasteiger partial charge in [-0.1, -0.05) is 6.92 Å². The lowest BCUT2D eigenvalue weighted by Gasteiger charge is -2.17. The summed E-state index contributed by atoms with van der Waals surface area (Å²) in [6.45, 7) is 4.05. The lowest BCUT2D eigenvalue weighted by Crippen LogP contribution is -2.33. The summed E-state index contributed by atoms with van der Waals surface area (Å²) in [6, 6.07) is 8.49. The summed E-state index contributed by atoms with van der Waals surface area (Å²) in [5.41, 5.74) is 4.24. The van der Waals surface area contributed by atoms with E-state index < -0.39 is 0 Å². The largest absolute Gasteiger partial charge is 0.465 e. The molecule has 0 spiro atoms. The third kappa shape index (κ3) is 2.66. The van der Waals surface area contributed by atoms with Crippen molar-refractivity contribution in [2.24, 2.45) is 0 Å². The summed E-state index contributed by atoms with van der Waals surface area (Å²) in [7, 11) is 1.35.